The zero-order valence-corrected chi connectivity index (χ0v) is 19.5. The van der Waals surface area contributed by atoms with Crippen LogP contribution in [0.2, 0.25) is 15.1 Å². The zero-order chi connectivity index (χ0) is 21.7. The summed E-state index contributed by atoms with van der Waals surface area (Å²) >= 11 is 20.0. The minimum absolute atomic E-state index is 0.139. The van der Waals surface area contributed by atoms with Crippen LogP contribution in [0.1, 0.15) is 23.4 Å². The maximum absolute atomic E-state index is 12.0. The number of nitrogens with one attached hydrogen (secondary N) is 1. The van der Waals surface area contributed by atoms with Gasteiger partial charge in [0.2, 0.25) is 5.91 Å². The SMILES string of the molecule is Cc1cc(/C=N\NC(=O)CCSc2ccc(Cl)cc2)c(C)n1-c1cc(Cl)ccc1Cl. The highest BCUT2D eigenvalue weighted by atomic mass is 35.5. The number of aromatic nitrogens is 1. The largest absolute Gasteiger partial charge is 0.316 e. The third-order valence-electron chi connectivity index (χ3n) is 4.42. The molecule has 0 spiro atoms. The summed E-state index contributed by atoms with van der Waals surface area (Å²) in [5, 5.41) is 6.02. The van der Waals surface area contributed by atoms with E-state index in [9.17, 15) is 4.79 Å². The molecule has 4 nitrogen and oxygen atoms in total. The highest BCUT2D eigenvalue weighted by Crippen LogP contribution is 2.28. The number of carbonyl (C=O) groups is 1. The minimum Gasteiger partial charge on any atom is -0.316 e. The average molecular weight is 481 g/mol. The minimum atomic E-state index is -0.139. The van der Waals surface area contributed by atoms with Crippen molar-refractivity contribution in [2.24, 2.45) is 5.10 Å². The molecule has 0 aliphatic heterocycles. The van der Waals surface area contributed by atoms with Gasteiger partial charge in [-0.05, 0) is 62.4 Å². The molecule has 0 aliphatic carbocycles. The van der Waals surface area contributed by atoms with Gasteiger partial charge in [-0.15, -0.1) is 11.8 Å². The van der Waals surface area contributed by atoms with Gasteiger partial charge < -0.3 is 4.57 Å². The number of aryl methyl sites for hydroxylation is 1. The number of rotatable bonds is 7. The first-order chi connectivity index (χ1) is 14.3. The first-order valence-corrected chi connectivity index (χ1v) is 11.3. The predicted octanol–water partition coefficient (Wildman–Crippen LogP) is 6.69. The van der Waals surface area contributed by atoms with Gasteiger partial charge in [-0.3, -0.25) is 4.79 Å². The van der Waals surface area contributed by atoms with Crippen molar-refractivity contribution in [3.05, 3.63) is 80.6 Å². The molecule has 0 saturated heterocycles. The van der Waals surface area contributed by atoms with E-state index in [2.05, 4.69) is 10.5 Å². The summed E-state index contributed by atoms with van der Waals surface area (Å²) in [7, 11) is 0. The Morgan fingerprint density at radius 3 is 2.50 bits per heavy atom. The number of halogens is 3. The van der Waals surface area contributed by atoms with E-state index >= 15 is 0 Å². The van der Waals surface area contributed by atoms with Crippen molar-refractivity contribution in [1.29, 1.82) is 0 Å². The molecule has 156 valence electrons. The van der Waals surface area contributed by atoms with Gasteiger partial charge in [0, 0.05) is 44.1 Å². The number of hydrogen-bond donors (Lipinski definition) is 1. The van der Waals surface area contributed by atoms with Crippen LogP contribution in [0.4, 0.5) is 0 Å². The monoisotopic (exact) mass is 479 g/mol. The van der Waals surface area contributed by atoms with Crippen LogP contribution < -0.4 is 5.43 Å². The smallest absolute Gasteiger partial charge is 0.240 e. The third-order valence-corrected chi connectivity index (χ3v) is 6.24. The summed E-state index contributed by atoms with van der Waals surface area (Å²) < 4.78 is 2.01. The molecule has 3 aromatic rings. The van der Waals surface area contributed by atoms with Crippen LogP contribution in [0.25, 0.3) is 5.69 Å². The molecule has 0 bridgehead atoms. The van der Waals surface area contributed by atoms with E-state index in [1.807, 2.05) is 54.8 Å². The Kier molecular flexibility index (Phi) is 7.89. The molecule has 0 aliphatic rings. The lowest BCUT2D eigenvalue weighted by Crippen LogP contribution is -2.17. The Labute approximate surface area is 195 Å². The molecule has 1 N–H and O–H groups in total. The lowest BCUT2D eigenvalue weighted by Gasteiger charge is -2.12. The highest BCUT2D eigenvalue weighted by molar-refractivity contribution is 7.99. The fraction of sp³-hybridized carbons (Fsp3) is 0.182. The van der Waals surface area contributed by atoms with Gasteiger partial charge in [0.1, 0.15) is 0 Å². The van der Waals surface area contributed by atoms with E-state index in [1.165, 1.54) is 0 Å². The molecule has 0 unspecified atom stereocenters. The van der Waals surface area contributed by atoms with Gasteiger partial charge in [-0.2, -0.15) is 5.10 Å². The molecule has 30 heavy (non-hydrogen) atoms. The summed E-state index contributed by atoms with van der Waals surface area (Å²) in [6.07, 6.45) is 2.00. The van der Waals surface area contributed by atoms with E-state index < -0.39 is 0 Å². The molecular formula is C22H20Cl3N3OS. The zero-order valence-electron chi connectivity index (χ0n) is 16.5. The average Bonchev–Trinajstić information content (AvgIpc) is 2.99. The summed E-state index contributed by atoms with van der Waals surface area (Å²) in [6, 6.07) is 14.9. The molecule has 2 aromatic carbocycles. The summed E-state index contributed by atoms with van der Waals surface area (Å²) in [5.41, 5.74) is 6.22. The van der Waals surface area contributed by atoms with Gasteiger partial charge in [0.05, 0.1) is 16.9 Å². The van der Waals surface area contributed by atoms with Crippen LogP contribution in [-0.2, 0) is 4.79 Å². The number of thioether (sulfide) groups is 1. The number of hydrazone groups is 1. The van der Waals surface area contributed by atoms with E-state index in [1.54, 1.807) is 30.1 Å². The second-order valence-corrected chi connectivity index (χ2v) is 9.05. The molecule has 0 atom stereocenters. The van der Waals surface area contributed by atoms with Crippen LogP contribution in [-0.4, -0.2) is 22.4 Å². The summed E-state index contributed by atoms with van der Waals surface area (Å²) in [6.45, 7) is 3.95. The van der Waals surface area contributed by atoms with Crippen molar-refractivity contribution >= 4 is 58.7 Å². The van der Waals surface area contributed by atoms with Gasteiger partial charge in [0.15, 0.2) is 0 Å². The van der Waals surface area contributed by atoms with Crippen LogP contribution in [0.3, 0.4) is 0 Å². The number of hydrogen-bond acceptors (Lipinski definition) is 3. The lowest BCUT2D eigenvalue weighted by molar-refractivity contribution is -0.120. The molecule has 1 amide bonds. The first-order valence-electron chi connectivity index (χ1n) is 9.20. The van der Waals surface area contributed by atoms with Crippen molar-refractivity contribution < 1.29 is 4.79 Å². The molecule has 1 aromatic heterocycles. The molecular weight excluding hydrogens is 461 g/mol. The summed E-state index contributed by atoms with van der Waals surface area (Å²) in [4.78, 5) is 13.1. The van der Waals surface area contributed by atoms with E-state index in [0.29, 0.717) is 27.2 Å². The Hall–Kier alpha value is -1.92. The van der Waals surface area contributed by atoms with Crippen LogP contribution in [0.15, 0.2) is 58.5 Å². The second kappa shape index (κ2) is 10.4. The Morgan fingerprint density at radius 2 is 1.77 bits per heavy atom. The second-order valence-electron chi connectivity index (χ2n) is 6.60. The van der Waals surface area contributed by atoms with Crippen molar-refractivity contribution in [3.8, 4) is 5.69 Å². The normalized spacial score (nSPS) is 11.2. The van der Waals surface area contributed by atoms with Gasteiger partial charge in [-0.1, -0.05) is 34.8 Å². The number of carbonyl (C=O) groups excluding carboxylic acids is 1. The topological polar surface area (TPSA) is 46.4 Å². The predicted molar refractivity (Wildman–Crippen MR) is 128 cm³/mol. The molecule has 0 saturated carbocycles. The maximum atomic E-state index is 12.0. The Bertz CT molecular complexity index is 1080. The van der Waals surface area contributed by atoms with Crippen LogP contribution in [0.5, 0.6) is 0 Å². The number of benzene rings is 2. The first kappa shape index (κ1) is 22.8. The highest BCUT2D eigenvalue weighted by Gasteiger charge is 2.12. The van der Waals surface area contributed by atoms with Gasteiger partial charge >= 0.3 is 0 Å². The standard InChI is InChI=1S/C22H20Cl3N3OS/c1-14-11-16(15(2)28(14)21-12-18(24)5-8-20(21)25)13-26-27-22(29)9-10-30-19-6-3-17(23)4-7-19/h3-8,11-13H,9-10H2,1-2H3,(H,27,29)/b26-13-. The quantitative estimate of drug-likeness (QED) is 0.233. The van der Waals surface area contributed by atoms with Crippen molar-refractivity contribution in [1.82, 2.24) is 9.99 Å². The molecule has 0 radical (unpaired) electrons. The van der Waals surface area contributed by atoms with E-state index in [0.717, 1.165) is 27.5 Å². The summed E-state index contributed by atoms with van der Waals surface area (Å²) in [5.74, 6) is 0.518. The molecule has 8 heteroatoms. The molecule has 1 heterocycles. The van der Waals surface area contributed by atoms with Gasteiger partial charge in [-0.25, -0.2) is 5.43 Å². The van der Waals surface area contributed by atoms with Gasteiger partial charge in [0.25, 0.3) is 0 Å². The van der Waals surface area contributed by atoms with Crippen LogP contribution in [0, 0.1) is 13.8 Å². The third kappa shape index (κ3) is 5.82. The molecule has 0 fully saturated rings. The Morgan fingerprint density at radius 1 is 1.07 bits per heavy atom. The fourth-order valence-corrected chi connectivity index (χ4v) is 4.31. The van der Waals surface area contributed by atoms with Crippen molar-refractivity contribution in [3.63, 3.8) is 0 Å². The van der Waals surface area contributed by atoms with Crippen molar-refractivity contribution in [2.45, 2.75) is 25.2 Å². The van der Waals surface area contributed by atoms with E-state index in [4.69, 9.17) is 34.8 Å². The van der Waals surface area contributed by atoms with E-state index in [-0.39, 0.29) is 5.91 Å². The van der Waals surface area contributed by atoms with Crippen LogP contribution >= 0.6 is 46.6 Å². The fourth-order valence-electron chi connectivity index (χ4n) is 2.97. The lowest BCUT2D eigenvalue weighted by atomic mass is 10.2. The number of nitrogens with zero attached hydrogens (tertiary/aromatic N) is 2. The Balaban J connectivity index is 1.59. The molecule has 3 rings (SSSR count). The number of amides is 1. The van der Waals surface area contributed by atoms with Crippen molar-refractivity contribution in [2.75, 3.05) is 5.75 Å². The maximum Gasteiger partial charge on any atom is 0.240 e.